The number of rotatable bonds is 20. The molecular weight excluding hydrogens is 622 g/mol. The van der Waals surface area contributed by atoms with Crippen molar-refractivity contribution in [2.75, 3.05) is 25.1 Å². The van der Waals surface area contributed by atoms with Gasteiger partial charge in [0.05, 0.1) is 25.8 Å². The summed E-state index contributed by atoms with van der Waals surface area (Å²) in [7, 11) is 0. The number of primary amides is 1. The number of hydrogen-bond acceptors (Lipinski definition) is 10. The van der Waals surface area contributed by atoms with Gasteiger partial charge in [0.15, 0.2) is 0 Å². The fraction of sp³-hybridized carbons (Fsp3) is 0.429. The van der Waals surface area contributed by atoms with E-state index in [1.165, 1.54) is 24.3 Å². The lowest BCUT2D eigenvalue weighted by Crippen LogP contribution is -2.58. The first-order valence-electron chi connectivity index (χ1n) is 14.1. The maximum absolute atomic E-state index is 13.4. The number of benzene rings is 1. The summed E-state index contributed by atoms with van der Waals surface area (Å²) in [5, 5.41) is 21.4. The van der Waals surface area contributed by atoms with Crippen LogP contribution in [-0.2, 0) is 46.4 Å². The van der Waals surface area contributed by atoms with Gasteiger partial charge in [-0.15, -0.1) is 0 Å². The van der Waals surface area contributed by atoms with E-state index in [1.807, 2.05) is 0 Å². The Labute approximate surface area is 268 Å². The number of nitrogens with zero attached hydrogens (tertiary/aromatic N) is 1. The molecule has 18 heteroatoms. The SMILES string of the molecule is CSCC[C@H](NC(=O)CNC(=O)[C@H](Cc1ccccc1)NC(=O)[C@H](CC(N)=O)NC(=O)[C@H](Cc1cnc[nH]1)NC(=O)CN)C(=O)O. The van der Waals surface area contributed by atoms with Gasteiger partial charge in [0.25, 0.3) is 0 Å². The van der Waals surface area contributed by atoms with Crippen molar-refractivity contribution in [2.45, 2.75) is 49.9 Å². The molecule has 2 aromatic rings. The molecule has 0 saturated heterocycles. The third-order valence-corrected chi connectivity index (χ3v) is 7.08. The number of aromatic amines is 1. The van der Waals surface area contributed by atoms with Crippen molar-refractivity contribution < 1.29 is 38.7 Å². The van der Waals surface area contributed by atoms with Gasteiger partial charge in [-0.05, 0) is 24.0 Å². The van der Waals surface area contributed by atoms with E-state index in [2.05, 4.69) is 36.6 Å². The Kier molecular flexibility index (Phi) is 15.7. The number of H-pyrrole nitrogens is 1. The van der Waals surface area contributed by atoms with Crippen molar-refractivity contribution in [3.63, 3.8) is 0 Å². The number of carbonyl (C=O) groups is 7. The molecule has 0 bridgehead atoms. The molecule has 0 unspecified atom stereocenters. The van der Waals surface area contributed by atoms with Crippen molar-refractivity contribution in [1.82, 2.24) is 36.6 Å². The molecule has 17 nitrogen and oxygen atoms in total. The van der Waals surface area contributed by atoms with Crippen molar-refractivity contribution in [1.29, 1.82) is 0 Å². The number of nitrogens with one attached hydrogen (secondary N) is 6. The van der Waals surface area contributed by atoms with E-state index in [0.717, 1.165) is 0 Å². The van der Waals surface area contributed by atoms with E-state index >= 15 is 0 Å². The highest BCUT2D eigenvalue weighted by molar-refractivity contribution is 7.98. The zero-order valence-corrected chi connectivity index (χ0v) is 25.9. The second-order valence-corrected chi connectivity index (χ2v) is 11.0. The van der Waals surface area contributed by atoms with Crippen LogP contribution >= 0.6 is 11.8 Å². The van der Waals surface area contributed by atoms with Gasteiger partial charge in [0.1, 0.15) is 24.2 Å². The molecule has 0 spiro atoms. The van der Waals surface area contributed by atoms with Crippen LogP contribution in [0.2, 0.25) is 0 Å². The van der Waals surface area contributed by atoms with Gasteiger partial charge in [0, 0.05) is 24.7 Å². The first-order valence-corrected chi connectivity index (χ1v) is 15.5. The average Bonchev–Trinajstić information content (AvgIpc) is 3.54. The Morgan fingerprint density at radius 2 is 1.50 bits per heavy atom. The molecule has 250 valence electrons. The van der Waals surface area contributed by atoms with E-state index in [1.54, 1.807) is 36.6 Å². The molecule has 6 amide bonds. The van der Waals surface area contributed by atoms with Crippen LogP contribution in [0.5, 0.6) is 0 Å². The van der Waals surface area contributed by atoms with Crippen molar-refractivity contribution in [3.05, 3.63) is 54.1 Å². The number of thioether (sulfide) groups is 1. The fourth-order valence-corrected chi connectivity index (χ4v) is 4.59. The maximum atomic E-state index is 13.4. The summed E-state index contributed by atoms with van der Waals surface area (Å²) in [5.41, 5.74) is 11.8. The Hall–Kier alpha value is -4.97. The van der Waals surface area contributed by atoms with Gasteiger partial charge in [-0.1, -0.05) is 30.3 Å². The molecule has 0 aliphatic heterocycles. The molecule has 0 radical (unpaired) electrons. The van der Waals surface area contributed by atoms with Crippen LogP contribution in [0.1, 0.15) is 24.1 Å². The van der Waals surface area contributed by atoms with Gasteiger partial charge in [-0.25, -0.2) is 9.78 Å². The lowest BCUT2D eigenvalue weighted by atomic mass is 10.0. The second kappa shape index (κ2) is 19.4. The highest BCUT2D eigenvalue weighted by Crippen LogP contribution is 2.06. The summed E-state index contributed by atoms with van der Waals surface area (Å²) < 4.78 is 0. The van der Waals surface area contributed by atoms with Crippen LogP contribution in [0.15, 0.2) is 42.9 Å². The third kappa shape index (κ3) is 13.3. The molecule has 1 aromatic heterocycles. The zero-order chi connectivity index (χ0) is 34.1. The molecule has 0 saturated carbocycles. The van der Waals surface area contributed by atoms with Gasteiger partial charge in [0.2, 0.25) is 35.4 Å². The number of aromatic nitrogens is 2. The minimum Gasteiger partial charge on any atom is -0.480 e. The number of aliphatic carboxylic acids is 1. The lowest BCUT2D eigenvalue weighted by Gasteiger charge is -2.25. The second-order valence-electron chi connectivity index (χ2n) is 10.0. The minimum absolute atomic E-state index is 0.0439. The Bertz CT molecular complexity index is 1340. The van der Waals surface area contributed by atoms with Crippen LogP contribution in [-0.4, -0.2) is 106 Å². The molecule has 4 atom stereocenters. The van der Waals surface area contributed by atoms with Gasteiger partial charge in [-0.2, -0.15) is 11.8 Å². The number of nitrogens with two attached hydrogens (primary N) is 2. The predicted octanol–water partition coefficient (Wildman–Crippen LogP) is -3.08. The van der Waals surface area contributed by atoms with Crippen LogP contribution in [0.25, 0.3) is 0 Å². The number of amides is 6. The molecule has 1 aromatic carbocycles. The molecule has 0 aliphatic carbocycles. The standard InChI is InChI=1S/C28H39N9O8S/c1-46-8-7-18(28(44)45)34-24(40)14-32-25(41)19(9-16-5-3-2-4-6-16)36-27(43)21(11-22(30)38)37-26(42)20(35-23(39)12-29)10-17-13-31-15-33-17/h2-6,13,15,18-21H,7-12,14,29H2,1H3,(H2,30,38)(H,31,33)(H,32,41)(H,34,40)(H,35,39)(H,36,43)(H,37,42)(H,44,45)/t18-,19-,20-,21-/m0/s1. The lowest BCUT2D eigenvalue weighted by molar-refractivity contribution is -0.141. The molecule has 11 N–H and O–H groups in total. The number of hydrogen-bond donors (Lipinski definition) is 9. The molecule has 0 fully saturated rings. The third-order valence-electron chi connectivity index (χ3n) is 6.44. The van der Waals surface area contributed by atoms with Crippen LogP contribution in [0.4, 0.5) is 0 Å². The summed E-state index contributed by atoms with van der Waals surface area (Å²) >= 11 is 1.41. The Balaban J connectivity index is 2.20. The average molecular weight is 662 g/mol. The molecule has 2 rings (SSSR count). The quantitative estimate of drug-likeness (QED) is 0.0686. The largest absolute Gasteiger partial charge is 0.480 e. The predicted molar refractivity (Wildman–Crippen MR) is 167 cm³/mol. The molecule has 1 heterocycles. The fourth-order valence-electron chi connectivity index (χ4n) is 4.12. The smallest absolute Gasteiger partial charge is 0.326 e. The highest BCUT2D eigenvalue weighted by Gasteiger charge is 2.31. The highest BCUT2D eigenvalue weighted by atomic mass is 32.2. The molecule has 0 aliphatic rings. The van der Waals surface area contributed by atoms with Crippen LogP contribution < -0.4 is 38.1 Å². The zero-order valence-electron chi connectivity index (χ0n) is 25.1. The number of carbonyl (C=O) groups excluding carboxylic acids is 6. The first kappa shape index (κ1) is 37.2. The van der Waals surface area contributed by atoms with E-state index in [-0.39, 0.29) is 19.3 Å². The summed E-state index contributed by atoms with van der Waals surface area (Å²) in [4.78, 5) is 94.2. The minimum atomic E-state index is -1.55. The normalized spacial score (nSPS) is 13.3. The number of imidazole rings is 1. The van der Waals surface area contributed by atoms with Gasteiger partial charge >= 0.3 is 5.97 Å². The van der Waals surface area contributed by atoms with Gasteiger partial charge in [-0.3, -0.25) is 28.8 Å². The van der Waals surface area contributed by atoms with Crippen LogP contribution in [0, 0.1) is 0 Å². The summed E-state index contributed by atoms with van der Waals surface area (Å²) in [5.74, 6) is -5.66. The van der Waals surface area contributed by atoms with E-state index in [0.29, 0.717) is 17.0 Å². The Morgan fingerprint density at radius 3 is 2.09 bits per heavy atom. The van der Waals surface area contributed by atoms with E-state index in [9.17, 15) is 38.7 Å². The van der Waals surface area contributed by atoms with Gasteiger partial charge < -0.3 is 48.1 Å². The van der Waals surface area contributed by atoms with Crippen molar-refractivity contribution in [3.8, 4) is 0 Å². The number of carboxylic acid groups (broad SMARTS) is 1. The summed E-state index contributed by atoms with van der Waals surface area (Å²) in [6, 6.07) is 3.37. The molecule has 46 heavy (non-hydrogen) atoms. The topological polar surface area (TPSA) is 281 Å². The van der Waals surface area contributed by atoms with E-state index < -0.39 is 85.1 Å². The number of carboxylic acids is 1. The monoisotopic (exact) mass is 661 g/mol. The molecular formula is C28H39N9O8S. The summed E-state index contributed by atoms with van der Waals surface area (Å²) in [6.45, 7) is -0.998. The van der Waals surface area contributed by atoms with Crippen LogP contribution in [0.3, 0.4) is 0 Å². The van der Waals surface area contributed by atoms with Crippen molar-refractivity contribution >= 4 is 53.2 Å². The van der Waals surface area contributed by atoms with Crippen molar-refractivity contribution in [2.24, 2.45) is 11.5 Å². The first-order chi connectivity index (χ1) is 21.9. The summed E-state index contributed by atoms with van der Waals surface area (Å²) in [6.07, 6.45) is 4.03. The Morgan fingerprint density at radius 1 is 0.870 bits per heavy atom. The van der Waals surface area contributed by atoms with E-state index in [4.69, 9.17) is 11.5 Å². The maximum Gasteiger partial charge on any atom is 0.326 e.